The predicted molar refractivity (Wildman–Crippen MR) is 77.2 cm³/mol. The SMILES string of the molecule is N#Cc1ccc(NC(=O)CCSc2ccncn2)cc1. The van der Waals surface area contributed by atoms with Gasteiger partial charge in [-0.3, -0.25) is 4.79 Å². The summed E-state index contributed by atoms with van der Waals surface area (Å²) in [5.74, 6) is 0.593. The van der Waals surface area contributed by atoms with Gasteiger partial charge in [-0.15, -0.1) is 11.8 Å². The molecule has 1 amide bonds. The molecule has 2 rings (SSSR count). The molecule has 2 aromatic rings. The van der Waals surface area contributed by atoms with E-state index in [4.69, 9.17) is 5.26 Å². The summed E-state index contributed by atoms with van der Waals surface area (Å²) < 4.78 is 0. The van der Waals surface area contributed by atoms with Crippen molar-refractivity contribution in [1.29, 1.82) is 5.26 Å². The van der Waals surface area contributed by atoms with Gasteiger partial charge in [-0.2, -0.15) is 5.26 Å². The summed E-state index contributed by atoms with van der Waals surface area (Å²) in [5.41, 5.74) is 1.27. The molecule has 1 aromatic carbocycles. The van der Waals surface area contributed by atoms with E-state index in [1.54, 1.807) is 30.5 Å². The molecule has 100 valence electrons. The molecule has 0 bridgehead atoms. The van der Waals surface area contributed by atoms with Gasteiger partial charge < -0.3 is 5.32 Å². The third-order valence-electron chi connectivity index (χ3n) is 2.43. The Morgan fingerprint density at radius 1 is 1.30 bits per heavy atom. The van der Waals surface area contributed by atoms with Crippen LogP contribution in [0.3, 0.4) is 0 Å². The van der Waals surface area contributed by atoms with Crippen LogP contribution in [0.25, 0.3) is 0 Å². The van der Waals surface area contributed by atoms with Crippen LogP contribution < -0.4 is 5.32 Å². The maximum Gasteiger partial charge on any atom is 0.225 e. The van der Waals surface area contributed by atoms with Crippen molar-refractivity contribution in [2.75, 3.05) is 11.1 Å². The molecule has 6 heteroatoms. The van der Waals surface area contributed by atoms with Gasteiger partial charge in [-0.1, -0.05) is 0 Å². The lowest BCUT2D eigenvalue weighted by atomic mass is 10.2. The lowest BCUT2D eigenvalue weighted by molar-refractivity contribution is -0.115. The van der Waals surface area contributed by atoms with Gasteiger partial charge in [-0.25, -0.2) is 9.97 Å². The zero-order chi connectivity index (χ0) is 14.2. The van der Waals surface area contributed by atoms with E-state index in [1.165, 1.54) is 18.1 Å². The number of anilines is 1. The monoisotopic (exact) mass is 284 g/mol. The number of benzene rings is 1. The summed E-state index contributed by atoms with van der Waals surface area (Å²) >= 11 is 1.51. The minimum atomic E-state index is -0.0590. The van der Waals surface area contributed by atoms with Crippen LogP contribution in [0, 0.1) is 11.3 Å². The third-order valence-corrected chi connectivity index (χ3v) is 3.38. The number of thioether (sulfide) groups is 1. The number of nitrogens with one attached hydrogen (secondary N) is 1. The van der Waals surface area contributed by atoms with Crippen molar-refractivity contribution in [3.8, 4) is 6.07 Å². The number of nitriles is 1. The van der Waals surface area contributed by atoms with Crippen LogP contribution >= 0.6 is 11.8 Å². The van der Waals surface area contributed by atoms with Crippen molar-refractivity contribution in [2.45, 2.75) is 11.4 Å². The van der Waals surface area contributed by atoms with E-state index in [0.29, 0.717) is 23.4 Å². The zero-order valence-electron chi connectivity index (χ0n) is 10.6. The van der Waals surface area contributed by atoms with E-state index in [0.717, 1.165) is 5.03 Å². The lowest BCUT2D eigenvalue weighted by Gasteiger charge is -2.04. The van der Waals surface area contributed by atoms with Crippen molar-refractivity contribution in [2.24, 2.45) is 0 Å². The number of nitrogens with zero attached hydrogens (tertiary/aromatic N) is 3. The first kappa shape index (κ1) is 14.0. The van der Waals surface area contributed by atoms with E-state index in [-0.39, 0.29) is 5.91 Å². The quantitative estimate of drug-likeness (QED) is 0.674. The molecule has 0 spiro atoms. The molecule has 1 aromatic heterocycles. The Morgan fingerprint density at radius 2 is 2.10 bits per heavy atom. The highest BCUT2D eigenvalue weighted by molar-refractivity contribution is 7.99. The van der Waals surface area contributed by atoms with Gasteiger partial charge in [0, 0.05) is 24.1 Å². The van der Waals surface area contributed by atoms with Crippen molar-refractivity contribution < 1.29 is 4.79 Å². The Bertz CT molecular complexity index is 607. The van der Waals surface area contributed by atoms with Crippen molar-refractivity contribution >= 4 is 23.4 Å². The maximum atomic E-state index is 11.7. The number of carbonyl (C=O) groups excluding carboxylic acids is 1. The van der Waals surface area contributed by atoms with Gasteiger partial charge in [0.25, 0.3) is 0 Å². The summed E-state index contributed by atoms with van der Waals surface area (Å²) in [6.45, 7) is 0. The molecule has 0 aliphatic carbocycles. The number of amides is 1. The van der Waals surface area contributed by atoms with E-state index < -0.39 is 0 Å². The molecular weight excluding hydrogens is 272 g/mol. The summed E-state index contributed by atoms with van der Waals surface area (Å²) in [6, 6.07) is 10.6. The predicted octanol–water partition coefficient (Wildman–Crippen LogP) is 2.47. The highest BCUT2D eigenvalue weighted by Gasteiger charge is 2.03. The standard InChI is InChI=1S/C14H12N4OS/c15-9-11-1-3-12(4-2-11)18-13(19)6-8-20-14-5-7-16-10-17-14/h1-5,7,10H,6,8H2,(H,18,19). The molecule has 1 heterocycles. The molecule has 1 N–H and O–H groups in total. The molecule has 0 aliphatic rings. The molecule has 0 aliphatic heterocycles. The van der Waals surface area contributed by atoms with Gasteiger partial charge >= 0.3 is 0 Å². The van der Waals surface area contributed by atoms with E-state index in [1.807, 2.05) is 12.1 Å². The molecular formula is C14H12N4OS. The van der Waals surface area contributed by atoms with Crippen molar-refractivity contribution in [3.63, 3.8) is 0 Å². The molecule has 0 saturated heterocycles. The first-order valence-corrected chi connectivity index (χ1v) is 6.95. The molecule has 0 unspecified atom stereocenters. The van der Waals surface area contributed by atoms with Crippen molar-refractivity contribution in [3.05, 3.63) is 48.4 Å². The number of hydrogen-bond donors (Lipinski definition) is 1. The summed E-state index contributed by atoms with van der Waals surface area (Å²) in [7, 11) is 0. The average Bonchev–Trinajstić information content (AvgIpc) is 2.49. The topological polar surface area (TPSA) is 78.7 Å². The highest BCUT2D eigenvalue weighted by atomic mass is 32.2. The van der Waals surface area contributed by atoms with Crippen LogP contribution in [0.5, 0.6) is 0 Å². The average molecular weight is 284 g/mol. The number of carbonyl (C=O) groups is 1. The highest BCUT2D eigenvalue weighted by Crippen LogP contribution is 2.15. The fourth-order valence-electron chi connectivity index (χ4n) is 1.46. The van der Waals surface area contributed by atoms with Crippen LogP contribution in [-0.4, -0.2) is 21.6 Å². The van der Waals surface area contributed by atoms with Crippen molar-refractivity contribution in [1.82, 2.24) is 9.97 Å². The zero-order valence-corrected chi connectivity index (χ0v) is 11.4. The third kappa shape index (κ3) is 4.37. The Labute approximate surface area is 121 Å². The number of hydrogen-bond acceptors (Lipinski definition) is 5. The minimum absolute atomic E-state index is 0.0590. The fraction of sp³-hybridized carbons (Fsp3) is 0.143. The van der Waals surface area contributed by atoms with Gasteiger partial charge in [0.05, 0.1) is 16.7 Å². The first-order chi connectivity index (χ1) is 9.78. The van der Waals surface area contributed by atoms with Crippen LogP contribution in [0.15, 0.2) is 47.9 Å². The minimum Gasteiger partial charge on any atom is -0.326 e. The Hall–Kier alpha value is -2.39. The molecule has 5 nitrogen and oxygen atoms in total. The van der Waals surface area contributed by atoms with E-state index in [2.05, 4.69) is 15.3 Å². The fourth-order valence-corrected chi connectivity index (χ4v) is 2.24. The molecule has 0 saturated carbocycles. The van der Waals surface area contributed by atoms with Crippen LogP contribution in [-0.2, 0) is 4.79 Å². The Morgan fingerprint density at radius 3 is 2.75 bits per heavy atom. The second-order valence-electron chi connectivity index (χ2n) is 3.88. The molecule has 0 radical (unpaired) electrons. The summed E-state index contributed by atoms with van der Waals surface area (Å²) in [4.78, 5) is 19.6. The maximum absolute atomic E-state index is 11.7. The first-order valence-electron chi connectivity index (χ1n) is 5.97. The van der Waals surface area contributed by atoms with Gasteiger partial charge in [-0.05, 0) is 30.3 Å². The largest absolute Gasteiger partial charge is 0.326 e. The summed E-state index contributed by atoms with van der Waals surface area (Å²) in [5, 5.41) is 12.3. The Balaban J connectivity index is 1.76. The van der Waals surface area contributed by atoms with Gasteiger partial charge in [0.2, 0.25) is 5.91 Å². The van der Waals surface area contributed by atoms with Gasteiger partial charge in [0.1, 0.15) is 6.33 Å². The number of aromatic nitrogens is 2. The molecule has 0 atom stereocenters. The second-order valence-corrected chi connectivity index (χ2v) is 5.00. The normalized spacial score (nSPS) is 9.75. The number of rotatable bonds is 5. The lowest BCUT2D eigenvalue weighted by Crippen LogP contribution is -2.12. The van der Waals surface area contributed by atoms with Crippen LogP contribution in [0.2, 0.25) is 0 Å². The second kappa shape index (κ2) is 7.26. The molecule has 20 heavy (non-hydrogen) atoms. The van der Waals surface area contributed by atoms with Crippen LogP contribution in [0.1, 0.15) is 12.0 Å². The Kier molecular flexibility index (Phi) is 5.09. The summed E-state index contributed by atoms with van der Waals surface area (Å²) in [6.07, 6.45) is 3.56. The smallest absolute Gasteiger partial charge is 0.225 e. The van der Waals surface area contributed by atoms with E-state index in [9.17, 15) is 4.79 Å². The van der Waals surface area contributed by atoms with Gasteiger partial charge in [0.15, 0.2) is 0 Å². The molecule has 0 fully saturated rings. The van der Waals surface area contributed by atoms with E-state index >= 15 is 0 Å². The van der Waals surface area contributed by atoms with Crippen LogP contribution in [0.4, 0.5) is 5.69 Å².